The molecule has 2 heterocycles. The average molecular weight is 352 g/mol. The minimum absolute atomic E-state index is 0.241. The number of amides is 2. The fourth-order valence-electron chi connectivity index (χ4n) is 3.32. The molecule has 0 bridgehead atoms. The molecule has 2 aliphatic heterocycles. The summed E-state index contributed by atoms with van der Waals surface area (Å²) in [5.41, 5.74) is -0.553. The van der Waals surface area contributed by atoms with Crippen LogP contribution in [0.5, 0.6) is 0 Å². The van der Waals surface area contributed by atoms with Crippen molar-refractivity contribution in [2.75, 3.05) is 18.0 Å². The van der Waals surface area contributed by atoms with E-state index in [0.717, 1.165) is 0 Å². The number of fused-ring (bicyclic) bond motifs is 1. The summed E-state index contributed by atoms with van der Waals surface area (Å²) < 4.78 is 33.8. The third-order valence-corrected chi connectivity index (χ3v) is 4.47. The molecule has 0 spiro atoms. The van der Waals surface area contributed by atoms with Gasteiger partial charge in [-0.05, 0) is 39.7 Å². The number of likely N-dealkylation sites (tertiary alicyclic amines) is 1. The van der Waals surface area contributed by atoms with Crippen LogP contribution in [0.25, 0.3) is 0 Å². The number of piperidine rings is 1. The Morgan fingerprint density at radius 1 is 1.20 bits per heavy atom. The summed E-state index contributed by atoms with van der Waals surface area (Å²) in [6.45, 7) is 6.12. The molecule has 0 saturated carbocycles. The Labute approximate surface area is 145 Å². The number of benzene rings is 1. The van der Waals surface area contributed by atoms with E-state index in [9.17, 15) is 18.4 Å². The Kier molecular flexibility index (Phi) is 4.21. The maximum absolute atomic E-state index is 14.3. The molecule has 0 N–H and O–H groups in total. The smallest absolute Gasteiger partial charge is 0.410 e. The van der Waals surface area contributed by atoms with Crippen LogP contribution in [0.15, 0.2) is 24.3 Å². The molecule has 0 atom stereocenters. The lowest BCUT2D eigenvalue weighted by atomic mass is 10.0. The van der Waals surface area contributed by atoms with E-state index in [0.29, 0.717) is 25.9 Å². The van der Waals surface area contributed by atoms with Gasteiger partial charge in [0.05, 0.1) is 11.3 Å². The Bertz CT molecular complexity index is 692. The monoisotopic (exact) mass is 352 g/mol. The molecular formula is C18H22F2N2O3. The predicted molar refractivity (Wildman–Crippen MR) is 88.7 cm³/mol. The van der Waals surface area contributed by atoms with Gasteiger partial charge in [-0.15, -0.1) is 0 Å². The number of para-hydroxylation sites is 1. The summed E-state index contributed by atoms with van der Waals surface area (Å²) in [4.78, 5) is 27.1. The van der Waals surface area contributed by atoms with Gasteiger partial charge in [-0.1, -0.05) is 18.2 Å². The molecule has 0 aliphatic carbocycles. The van der Waals surface area contributed by atoms with E-state index >= 15 is 0 Å². The van der Waals surface area contributed by atoms with Crippen molar-refractivity contribution in [2.24, 2.45) is 0 Å². The van der Waals surface area contributed by atoms with E-state index < -0.39 is 23.5 Å². The molecule has 0 aromatic heterocycles. The maximum atomic E-state index is 14.3. The second-order valence-corrected chi connectivity index (χ2v) is 7.47. The number of rotatable bonds is 1. The van der Waals surface area contributed by atoms with Gasteiger partial charge >= 0.3 is 17.9 Å². The standard InChI is InChI=1S/C18H22F2N2O3/c1-17(2,3)25-16(24)21-10-8-12(9-11-21)22-14-7-5-4-6-13(14)18(19,20)15(22)23/h4-7,12H,8-11H2,1-3H3. The zero-order chi connectivity index (χ0) is 18.4. The number of hydrogen-bond acceptors (Lipinski definition) is 3. The van der Waals surface area contributed by atoms with E-state index in [4.69, 9.17) is 4.74 Å². The summed E-state index contributed by atoms with van der Waals surface area (Å²) in [7, 11) is 0. The molecular weight excluding hydrogens is 330 g/mol. The lowest BCUT2D eigenvalue weighted by molar-refractivity contribution is -0.142. The van der Waals surface area contributed by atoms with Crippen molar-refractivity contribution in [1.82, 2.24) is 4.90 Å². The number of ether oxygens (including phenoxy) is 1. The van der Waals surface area contributed by atoms with Crippen LogP contribution < -0.4 is 4.90 Å². The molecule has 0 radical (unpaired) electrons. The SMILES string of the molecule is CC(C)(C)OC(=O)N1CCC(N2C(=O)C(F)(F)c3ccccc32)CC1. The van der Waals surface area contributed by atoms with Crippen molar-refractivity contribution in [3.05, 3.63) is 29.8 Å². The van der Waals surface area contributed by atoms with Crippen molar-refractivity contribution in [2.45, 2.75) is 51.2 Å². The topological polar surface area (TPSA) is 49.9 Å². The molecule has 7 heteroatoms. The summed E-state index contributed by atoms with van der Waals surface area (Å²) >= 11 is 0. The molecule has 1 saturated heterocycles. The molecule has 0 unspecified atom stereocenters. The minimum atomic E-state index is -3.49. The zero-order valence-corrected chi connectivity index (χ0v) is 14.6. The third kappa shape index (κ3) is 3.19. The van der Waals surface area contributed by atoms with E-state index in [1.165, 1.54) is 17.0 Å². The van der Waals surface area contributed by atoms with Gasteiger partial charge in [0.1, 0.15) is 5.60 Å². The Balaban J connectivity index is 1.72. The van der Waals surface area contributed by atoms with Crippen molar-refractivity contribution in [3.63, 3.8) is 0 Å². The highest BCUT2D eigenvalue weighted by Crippen LogP contribution is 2.45. The number of alkyl halides is 2. The van der Waals surface area contributed by atoms with Crippen LogP contribution in [-0.2, 0) is 15.5 Å². The zero-order valence-electron chi connectivity index (χ0n) is 14.6. The number of carbonyl (C=O) groups excluding carboxylic acids is 2. The largest absolute Gasteiger partial charge is 0.444 e. The van der Waals surface area contributed by atoms with Gasteiger partial charge in [-0.2, -0.15) is 8.78 Å². The number of anilines is 1. The Morgan fingerprint density at radius 2 is 1.80 bits per heavy atom. The van der Waals surface area contributed by atoms with Crippen LogP contribution in [0.3, 0.4) is 0 Å². The van der Waals surface area contributed by atoms with Crippen molar-refractivity contribution in [1.29, 1.82) is 0 Å². The molecule has 25 heavy (non-hydrogen) atoms. The predicted octanol–water partition coefficient (Wildman–Crippen LogP) is 3.52. The molecule has 5 nitrogen and oxygen atoms in total. The van der Waals surface area contributed by atoms with E-state index in [1.54, 1.807) is 37.8 Å². The fourth-order valence-corrected chi connectivity index (χ4v) is 3.32. The third-order valence-electron chi connectivity index (χ3n) is 4.47. The van der Waals surface area contributed by atoms with Crippen LogP contribution in [0.1, 0.15) is 39.2 Å². The quantitative estimate of drug-likeness (QED) is 0.777. The highest BCUT2D eigenvalue weighted by Gasteiger charge is 2.54. The lowest BCUT2D eigenvalue weighted by Crippen LogP contribution is -2.50. The van der Waals surface area contributed by atoms with Gasteiger partial charge in [-0.3, -0.25) is 4.79 Å². The molecule has 3 rings (SSSR count). The van der Waals surface area contributed by atoms with Crippen LogP contribution in [0.2, 0.25) is 0 Å². The van der Waals surface area contributed by atoms with Gasteiger partial charge in [0.15, 0.2) is 0 Å². The summed E-state index contributed by atoms with van der Waals surface area (Å²) in [6, 6.07) is 5.66. The molecule has 2 amide bonds. The van der Waals surface area contributed by atoms with Gasteiger partial charge in [0, 0.05) is 19.1 Å². The maximum Gasteiger partial charge on any atom is 0.410 e. The first-order valence-electron chi connectivity index (χ1n) is 8.40. The second kappa shape index (κ2) is 5.97. The number of carbonyl (C=O) groups is 2. The highest BCUT2D eigenvalue weighted by molar-refractivity contribution is 6.06. The summed E-state index contributed by atoms with van der Waals surface area (Å²) in [5.74, 6) is -4.66. The molecule has 136 valence electrons. The molecule has 2 aliphatic rings. The van der Waals surface area contributed by atoms with E-state index in [2.05, 4.69) is 0 Å². The van der Waals surface area contributed by atoms with Crippen LogP contribution in [0, 0.1) is 0 Å². The number of hydrogen-bond donors (Lipinski definition) is 0. The first-order valence-corrected chi connectivity index (χ1v) is 8.40. The van der Waals surface area contributed by atoms with Gasteiger partial charge in [0.25, 0.3) is 0 Å². The van der Waals surface area contributed by atoms with E-state index in [-0.39, 0.29) is 17.3 Å². The Morgan fingerprint density at radius 3 is 2.40 bits per heavy atom. The lowest BCUT2D eigenvalue weighted by Gasteiger charge is -2.37. The van der Waals surface area contributed by atoms with Crippen LogP contribution in [-0.4, -0.2) is 41.6 Å². The average Bonchev–Trinajstić information content (AvgIpc) is 2.73. The van der Waals surface area contributed by atoms with Crippen molar-refractivity contribution < 1.29 is 23.1 Å². The Hall–Kier alpha value is -2.18. The van der Waals surface area contributed by atoms with Crippen molar-refractivity contribution >= 4 is 17.7 Å². The second-order valence-electron chi connectivity index (χ2n) is 7.47. The van der Waals surface area contributed by atoms with Crippen LogP contribution in [0.4, 0.5) is 19.3 Å². The van der Waals surface area contributed by atoms with Gasteiger partial charge in [0.2, 0.25) is 0 Å². The van der Waals surface area contributed by atoms with Gasteiger partial charge < -0.3 is 14.5 Å². The summed E-state index contributed by atoms with van der Waals surface area (Å²) in [5, 5.41) is 0. The highest BCUT2D eigenvalue weighted by atomic mass is 19.3. The normalized spacial score (nSPS) is 20.6. The molecule has 1 aromatic carbocycles. The van der Waals surface area contributed by atoms with Crippen molar-refractivity contribution in [3.8, 4) is 0 Å². The minimum Gasteiger partial charge on any atom is -0.444 e. The number of nitrogens with zero attached hydrogens (tertiary/aromatic N) is 2. The number of halogens is 2. The fraction of sp³-hybridized carbons (Fsp3) is 0.556. The molecule has 1 fully saturated rings. The van der Waals surface area contributed by atoms with Crippen LogP contribution >= 0.6 is 0 Å². The van der Waals surface area contributed by atoms with Gasteiger partial charge in [-0.25, -0.2) is 4.79 Å². The first-order chi connectivity index (χ1) is 11.6. The van der Waals surface area contributed by atoms with E-state index in [1.807, 2.05) is 0 Å². The first kappa shape index (κ1) is 17.6. The molecule has 1 aromatic rings. The summed E-state index contributed by atoms with van der Waals surface area (Å²) in [6.07, 6.45) is 0.467.